The molecule has 1 saturated carbocycles. The summed E-state index contributed by atoms with van der Waals surface area (Å²) in [5.74, 6) is 2.54. The summed E-state index contributed by atoms with van der Waals surface area (Å²) in [6.07, 6.45) is 11.0. The van der Waals surface area contributed by atoms with Crippen LogP contribution in [0.5, 0.6) is 5.75 Å². The Bertz CT molecular complexity index is 650. The molecule has 1 heterocycles. The number of carbonyl (C=O) groups excluding carboxylic acids is 1. The smallest absolute Gasteiger partial charge is 0.132 e. The Hall–Kier alpha value is -1.35. The van der Waals surface area contributed by atoms with Crippen molar-refractivity contribution in [1.29, 1.82) is 0 Å². The first-order valence-corrected chi connectivity index (χ1v) is 12.5. The van der Waals surface area contributed by atoms with Gasteiger partial charge in [0.2, 0.25) is 0 Å². The molecule has 0 amide bonds. The van der Waals surface area contributed by atoms with Crippen LogP contribution in [0.3, 0.4) is 0 Å². The van der Waals surface area contributed by atoms with Crippen LogP contribution in [0.1, 0.15) is 103 Å². The quantitative estimate of drug-likeness (QED) is 0.512. The first-order chi connectivity index (χ1) is 14.5. The molecule has 2 aliphatic rings. The summed E-state index contributed by atoms with van der Waals surface area (Å²) < 4.78 is 0. The first kappa shape index (κ1) is 24.9. The maximum Gasteiger partial charge on any atom is 0.132 e. The van der Waals surface area contributed by atoms with E-state index < -0.39 is 0 Å². The average molecular weight is 416 g/mol. The number of nitrogens with zero attached hydrogens (tertiary/aromatic N) is 1. The lowest BCUT2D eigenvalue weighted by Crippen LogP contribution is -2.44. The van der Waals surface area contributed by atoms with Gasteiger partial charge in [-0.05, 0) is 87.2 Å². The van der Waals surface area contributed by atoms with Crippen molar-refractivity contribution >= 4 is 5.78 Å². The SMILES string of the molecule is CC.CCc1ccc(O)cc1C1CCN(C)C(C)C1CCC(=O)CCC1CCCC1. The molecule has 0 aromatic heterocycles. The number of hydrogen-bond acceptors (Lipinski definition) is 3. The number of piperidine rings is 1. The number of rotatable bonds is 8. The summed E-state index contributed by atoms with van der Waals surface area (Å²) in [4.78, 5) is 15.0. The molecule has 1 aromatic rings. The van der Waals surface area contributed by atoms with E-state index in [1.54, 1.807) is 0 Å². The van der Waals surface area contributed by atoms with Gasteiger partial charge in [-0.1, -0.05) is 52.5 Å². The maximum absolute atomic E-state index is 12.6. The van der Waals surface area contributed by atoms with E-state index in [0.717, 1.165) is 44.6 Å². The maximum atomic E-state index is 12.6. The van der Waals surface area contributed by atoms with E-state index in [2.05, 4.69) is 31.9 Å². The number of aryl methyl sites for hydroxylation is 1. The summed E-state index contributed by atoms with van der Waals surface area (Å²) in [7, 11) is 2.21. The van der Waals surface area contributed by atoms with Gasteiger partial charge in [0.15, 0.2) is 0 Å². The minimum absolute atomic E-state index is 0.366. The van der Waals surface area contributed by atoms with E-state index in [-0.39, 0.29) is 0 Å². The van der Waals surface area contributed by atoms with Gasteiger partial charge in [-0.25, -0.2) is 0 Å². The van der Waals surface area contributed by atoms with Crippen LogP contribution >= 0.6 is 0 Å². The summed E-state index contributed by atoms with van der Waals surface area (Å²) in [6.45, 7) is 9.58. The normalized spacial score (nSPS) is 25.0. The molecule has 3 unspecified atom stereocenters. The van der Waals surface area contributed by atoms with E-state index in [0.29, 0.717) is 35.8 Å². The van der Waals surface area contributed by atoms with Gasteiger partial charge in [0.1, 0.15) is 11.5 Å². The Balaban J connectivity index is 0.00000155. The highest BCUT2D eigenvalue weighted by Crippen LogP contribution is 2.41. The highest BCUT2D eigenvalue weighted by molar-refractivity contribution is 5.78. The summed E-state index contributed by atoms with van der Waals surface area (Å²) >= 11 is 0. The molecule has 3 rings (SSSR count). The molecule has 0 bridgehead atoms. The monoisotopic (exact) mass is 415 g/mol. The molecule has 0 radical (unpaired) electrons. The van der Waals surface area contributed by atoms with Gasteiger partial charge in [-0.15, -0.1) is 0 Å². The van der Waals surface area contributed by atoms with Gasteiger partial charge < -0.3 is 10.0 Å². The zero-order chi connectivity index (χ0) is 22.1. The topological polar surface area (TPSA) is 40.5 Å². The second-order valence-corrected chi connectivity index (χ2v) is 9.28. The molecule has 3 atom stereocenters. The number of benzene rings is 1. The molecule has 1 aromatic carbocycles. The minimum Gasteiger partial charge on any atom is -0.508 e. The molecule has 3 nitrogen and oxygen atoms in total. The van der Waals surface area contributed by atoms with Gasteiger partial charge in [0.25, 0.3) is 0 Å². The van der Waals surface area contributed by atoms with Crippen molar-refractivity contribution in [2.45, 2.75) is 104 Å². The number of phenolic OH excluding ortho intramolecular Hbond substituents is 1. The van der Waals surface area contributed by atoms with Crippen LogP contribution < -0.4 is 0 Å². The summed E-state index contributed by atoms with van der Waals surface area (Å²) in [6, 6.07) is 6.34. The third kappa shape index (κ3) is 6.57. The van der Waals surface area contributed by atoms with Crippen molar-refractivity contribution in [2.24, 2.45) is 11.8 Å². The number of phenols is 1. The Morgan fingerprint density at radius 1 is 1.10 bits per heavy atom. The van der Waals surface area contributed by atoms with Gasteiger partial charge in [-0.2, -0.15) is 0 Å². The Morgan fingerprint density at radius 3 is 2.43 bits per heavy atom. The van der Waals surface area contributed by atoms with Crippen LogP contribution in [-0.2, 0) is 11.2 Å². The van der Waals surface area contributed by atoms with Gasteiger partial charge in [0.05, 0.1) is 0 Å². The summed E-state index contributed by atoms with van der Waals surface area (Å²) in [5.41, 5.74) is 2.66. The van der Waals surface area contributed by atoms with Crippen molar-refractivity contribution in [3.63, 3.8) is 0 Å². The van der Waals surface area contributed by atoms with Crippen molar-refractivity contribution in [1.82, 2.24) is 4.90 Å². The van der Waals surface area contributed by atoms with Crippen LogP contribution in [0.4, 0.5) is 0 Å². The predicted molar refractivity (Wildman–Crippen MR) is 127 cm³/mol. The highest BCUT2D eigenvalue weighted by atomic mass is 16.3. The van der Waals surface area contributed by atoms with E-state index in [4.69, 9.17) is 0 Å². The number of ketones is 1. The standard InChI is InChI=1S/C25H39NO2.C2H6/c1-4-20-10-12-22(28)17-25(20)24-15-16-26(3)18(2)23(24)14-13-21(27)11-9-19-7-5-6-8-19;1-2/h10,12,17-19,23-24,28H,4-9,11,13-16H2,1-3H3;1-2H3. The van der Waals surface area contributed by atoms with E-state index >= 15 is 0 Å². The molecule has 2 fully saturated rings. The van der Waals surface area contributed by atoms with Crippen LogP contribution in [0.15, 0.2) is 18.2 Å². The van der Waals surface area contributed by atoms with Crippen molar-refractivity contribution in [3.05, 3.63) is 29.3 Å². The molecular weight excluding hydrogens is 370 g/mol. The number of Topliss-reactive ketones (excluding diaryl/α,β-unsaturated/α-hetero) is 1. The second-order valence-electron chi connectivity index (χ2n) is 9.28. The fourth-order valence-electron chi connectivity index (χ4n) is 5.62. The third-order valence-corrected chi connectivity index (χ3v) is 7.60. The van der Waals surface area contributed by atoms with Crippen molar-refractivity contribution in [3.8, 4) is 5.75 Å². The Labute approximate surface area is 185 Å². The van der Waals surface area contributed by atoms with Gasteiger partial charge in [0, 0.05) is 18.9 Å². The number of aromatic hydroxyl groups is 1. The molecule has 1 N–H and O–H groups in total. The van der Waals surface area contributed by atoms with Crippen LogP contribution in [0.2, 0.25) is 0 Å². The lowest BCUT2D eigenvalue weighted by atomic mass is 9.72. The van der Waals surface area contributed by atoms with E-state index in [1.165, 1.54) is 36.8 Å². The molecule has 1 aliphatic carbocycles. The molecule has 30 heavy (non-hydrogen) atoms. The molecule has 3 heteroatoms. The van der Waals surface area contributed by atoms with Crippen LogP contribution in [-0.4, -0.2) is 35.4 Å². The van der Waals surface area contributed by atoms with Gasteiger partial charge >= 0.3 is 0 Å². The van der Waals surface area contributed by atoms with Crippen molar-refractivity contribution < 1.29 is 9.90 Å². The van der Waals surface area contributed by atoms with Crippen molar-refractivity contribution in [2.75, 3.05) is 13.6 Å². The molecule has 1 aliphatic heterocycles. The van der Waals surface area contributed by atoms with Crippen LogP contribution in [0, 0.1) is 11.8 Å². The lowest BCUT2D eigenvalue weighted by molar-refractivity contribution is -0.119. The van der Waals surface area contributed by atoms with E-state index in [9.17, 15) is 9.90 Å². The fraction of sp³-hybridized carbons (Fsp3) is 0.741. The summed E-state index contributed by atoms with van der Waals surface area (Å²) in [5, 5.41) is 10.1. The minimum atomic E-state index is 0.366. The third-order valence-electron chi connectivity index (χ3n) is 7.60. The zero-order valence-corrected chi connectivity index (χ0v) is 20.1. The molecule has 1 saturated heterocycles. The Morgan fingerprint density at radius 2 is 1.77 bits per heavy atom. The van der Waals surface area contributed by atoms with Crippen LogP contribution in [0.25, 0.3) is 0 Å². The fourth-order valence-corrected chi connectivity index (χ4v) is 5.62. The van der Waals surface area contributed by atoms with E-state index in [1.807, 2.05) is 26.0 Å². The average Bonchev–Trinajstić information content (AvgIpc) is 3.28. The number of hydrogen-bond donors (Lipinski definition) is 1. The number of carbonyl (C=O) groups is 1. The first-order valence-electron chi connectivity index (χ1n) is 12.5. The molecule has 170 valence electrons. The molecule has 0 spiro atoms. The zero-order valence-electron chi connectivity index (χ0n) is 20.1. The van der Waals surface area contributed by atoms with Gasteiger partial charge in [-0.3, -0.25) is 4.79 Å². The largest absolute Gasteiger partial charge is 0.508 e. The second kappa shape index (κ2) is 12.5. The molecular formula is C27H45NO2. The Kier molecular flexibility index (Phi) is 10.4. The highest BCUT2D eigenvalue weighted by Gasteiger charge is 2.35. The lowest BCUT2D eigenvalue weighted by Gasteiger charge is -2.43. The number of likely N-dealkylation sites (tertiary alicyclic amines) is 1. The predicted octanol–water partition coefficient (Wildman–Crippen LogP) is 6.72.